The molecule has 180 valence electrons. The third kappa shape index (κ3) is 5.59. The van der Waals surface area contributed by atoms with Gasteiger partial charge in [0.15, 0.2) is 0 Å². The average Bonchev–Trinajstić information content (AvgIpc) is 2.94. The van der Waals surface area contributed by atoms with Crippen LogP contribution in [0.3, 0.4) is 0 Å². The molecule has 35 heavy (non-hydrogen) atoms. The van der Waals surface area contributed by atoms with E-state index in [0.717, 1.165) is 43.7 Å². The van der Waals surface area contributed by atoms with Crippen molar-refractivity contribution < 1.29 is 23.1 Å². The largest absolute Gasteiger partial charge is 0.497 e. The zero-order valence-corrected chi connectivity index (χ0v) is 22.7. The predicted octanol–water partition coefficient (Wildman–Crippen LogP) is 2.11. The van der Waals surface area contributed by atoms with Crippen molar-refractivity contribution >= 4 is 38.8 Å². The lowest BCUT2D eigenvalue weighted by Crippen LogP contribution is -2.56. The summed E-state index contributed by atoms with van der Waals surface area (Å²) >= 11 is 0. The molecule has 0 heterocycles. The lowest BCUT2D eigenvalue weighted by Gasteiger charge is -2.27. The minimum atomic E-state index is -2.24. The smallest absolute Gasteiger partial charge is 0.232 e. The molecule has 7 heteroatoms. The number of hydrogen-bond donors (Lipinski definition) is 0. The zero-order chi connectivity index (χ0) is 24.6. The van der Waals surface area contributed by atoms with Crippen LogP contribution in [0.2, 0.25) is 0 Å². The molecule has 4 rings (SSSR count). The molecule has 5 nitrogen and oxygen atoms in total. The Morgan fingerprint density at radius 3 is 1.20 bits per heavy atom. The van der Waals surface area contributed by atoms with Gasteiger partial charge in [-0.15, -0.1) is 0 Å². The number of ether oxygens (including phenoxy) is 4. The van der Waals surface area contributed by atoms with E-state index in [1.165, 1.54) is 0 Å². The molecule has 0 aromatic heterocycles. The highest BCUT2D eigenvalue weighted by molar-refractivity contribution is 6.92. The molecule has 0 N–H and O–H groups in total. The second-order valence-electron chi connectivity index (χ2n) is 7.93. The summed E-state index contributed by atoms with van der Waals surface area (Å²) in [6, 6.07) is 32.6. The maximum atomic E-state index is 7.29. The van der Waals surface area contributed by atoms with Gasteiger partial charge in [-0.25, -0.2) is 0 Å². The van der Waals surface area contributed by atoms with Gasteiger partial charge >= 0.3 is 0 Å². The summed E-state index contributed by atoms with van der Waals surface area (Å²) in [4.78, 5) is 0. The van der Waals surface area contributed by atoms with Crippen LogP contribution in [0.4, 0.5) is 0 Å². The van der Waals surface area contributed by atoms with E-state index in [2.05, 4.69) is 48.5 Å². The van der Waals surface area contributed by atoms with Gasteiger partial charge in [0.2, 0.25) is 18.1 Å². The normalized spacial score (nSPS) is 12.5. The van der Waals surface area contributed by atoms with Crippen molar-refractivity contribution in [1.82, 2.24) is 0 Å². The molecule has 0 bridgehead atoms. The number of hydrogen-bond acceptors (Lipinski definition) is 5. The Morgan fingerprint density at radius 2 is 0.857 bits per heavy atom. The van der Waals surface area contributed by atoms with Gasteiger partial charge in [0, 0.05) is 10.4 Å². The number of benzene rings is 4. The predicted molar refractivity (Wildman–Crippen MR) is 146 cm³/mol. The van der Waals surface area contributed by atoms with Crippen molar-refractivity contribution in [2.75, 3.05) is 28.4 Å². The third-order valence-electron chi connectivity index (χ3n) is 5.92. The molecule has 0 fully saturated rings. The first-order valence-electron chi connectivity index (χ1n) is 11.4. The minimum Gasteiger partial charge on any atom is -0.497 e. The van der Waals surface area contributed by atoms with E-state index in [-0.39, 0.29) is 0 Å². The summed E-state index contributed by atoms with van der Waals surface area (Å²) in [5.74, 6) is 3.14. The van der Waals surface area contributed by atoms with Crippen LogP contribution in [0.1, 0.15) is 0 Å². The summed E-state index contributed by atoms with van der Waals surface area (Å²) in [5, 5.41) is 4.39. The zero-order valence-electron chi connectivity index (χ0n) is 20.4. The van der Waals surface area contributed by atoms with Crippen LogP contribution in [0.25, 0.3) is 0 Å². The Kier molecular flexibility index (Phi) is 8.25. The fourth-order valence-corrected chi connectivity index (χ4v) is 11.1. The molecule has 2 unspecified atom stereocenters. The summed E-state index contributed by atoms with van der Waals surface area (Å²) in [6.07, 6.45) is 0. The first-order valence-corrected chi connectivity index (χ1v) is 14.6. The molecule has 0 saturated carbocycles. The number of methoxy groups -OCH3 is 4. The molecule has 4 aromatic rings. The quantitative estimate of drug-likeness (QED) is 0.311. The molecule has 0 aliphatic carbocycles. The highest BCUT2D eigenvalue weighted by atomic mass is 28.4. The van der Waals surface area contributed by atoms with E-state index in [1.807, 2.05) is 48.5 Å². The van der Waals surface area contributed by atoms with Gasteiger partial charge in [-0.3, -0.25) is 0 Å². The molecule has 0 aliphatic rings. The summed E-state index contributed by atoms with van der Waals surface area (Å²) in [7, 11) is 2.25. The molecule has 0 saturated heterocycles. The maximum absolute atomic E-state index is 7.29. The van der Waals surface area contributed by atoms with Crippen molar-refractivity contribution in [2.24, 2.45) is 0 Å². The Morgan fingerprint density at radius 1 is 0.457 bits per heavy atom. The highest BCUT2D eigenvalue weighted by Crippen LogP contribution is 2.19. The third-order valence-corrected chi connectivity index (χ3v) is 12.1. The summed E-state index contributed by atoms with van der Waals surface area (Å²) in [5.41, 5.74) is 0. The van der Waals surface area contributed by atoms with Gasteiger partial charge in [0.1, 0.15) is 23.0 Å². The van der Waals surface area contributed by atoms with Crippen LogP contribution >= 0.6 is 0 Å². The highest BCUT2D eigenvalue weighted by Gasteiger charge is 2.30. The first kappa shape index (κ1) is 24.6. The Bertz CT molecular complexity index is 1140. The lowest BCUT2D eigenvalue weighted by molar-refractivity contribution is 0.404. The molecule has 4 aromatic carbocycles. The monoisotopic (exact) mass is 502 g/mol. The van der Waals surface area contributed by atoms with Gasteiger partial charge in [-0.2, -0.15) is 0 Å². The van der Waals surface area contributed by atoms with Crippen molar-refractivity contribution in [3.63, 3.8) is 0 Å². The number of rotatable bonds is 10. The van der Waals surface area contributed by atoms with Crippen LogP contribution in [-0.2, 0) is 4.12 Å². The van der Waals surface area contributed by atoms with Gasteiger partial charge in [0.05, 0.1) is 28.4 Å². The lowest BCUT2D eigenvalue weighted by atomic mass is 10.3. The molecule has 0 amide bonds. The fraction of sp³-hybridized carbons (Fsp3) is 0.143. The van der Waals surface area contributed by atoms with Gasteiger partial charge in [-0.05, 0) is 46.8 Å². The standard InChI is InChI=1S/C28H30O5Si2/c1-29-21-15-17-25(31-3)27(19-21)34(23-11-7-5-8-12-23)33-35(24-13-9-6-10-14-24)28-20-22(30-2)16-18-26(28)32-4/h5-20,34-35H,1-4H3. The van der Waals surface area contributed by atoms with E-state index in [1.54, 1.807) is 28.4 Å². The van der Waals surface area contributed by atoms with Crippen molar-refractivity contribution in [2.45, 2.75) is 0 Å². The molecule has 0 aliphatic heterocycles. The van der Waals surface area contributed by atoms with Crippen LogP contribution in [-0.4, -0.2) is 46.5 Å². The van der Waals surface area contributed by atoms with E-state index < -0.39 is 18.1 Å². The Labute approximate surface area is 210 Å². The van der Waals surface area contributed by atoms with Crippen LogP contribution in [0, 0.1) is 0 Å². The molecule has 0 radical (unpaired) electrons. The summed E-state index contributed by atoms with van der Waals surface area (Å²) in [6.45, 7) is 0. The van der Waals surface area contributed by atoms with Crippen molar-refractivity contribution in [3.8, 4) is 23.0 Å². The SMILES string of the molecule is COc1ccc(OC)c([SiH](O[SiH](c2ccccc2)c2cc(OC)ccc2OC)c2ccccc2)c1. The van der Waals surface area contributed by atoms with Gasteiger partial charge in [0.25, 0.3) is 0 Å². The second kappa shape index (κ2) is 11.7. The van der Waals surface area contributed by atoms with E-state index in [4.69, 9.17) is 23.1 Å². The summed E-state index contributed by atoms with van der Waals surface area (Å²) < 4.78 is 30.0. The maximum Gasteiger partial charge on any atom is 0.232 e. The first-order chi connectivity index (χ1) is 17.2. The van der Waals surface area contributed by atoms with Gasteiger partial charge < -0.3 is 23.1 Å². The second-order valence-corrected chi connectivity index (χ2v) is 13.1. The topological polar surface area (TPSA) is 46.2 Å². The van der Waals surface area contributed by atoms with E-state index in [9.17, 15) is 0 Å². The molecular weight excluding hydrogens is 472 g/mol. The van der Waals surface area contributed by atoms with Crippen LogP contribution in [0.5, 0.6) is 23.0 Å². The average molecular weight is 503 g/mol. The van der Waals surface area contributed by atoms with Crippen LogP contribution < -0.4 is 39.7 Å². The molecular formula is C28H30O5Si2. The van der Waals surface area contributed by atoms with Crippen molar-refractivity contribution in [3.05, 3.63) is 97.1 Å². The van der Waals surface area contributed by atoms with E-state index >= 15 is 0 Å². The molecule has 0 spiro atoms. The fourth-order valence-electron chi connectivity index (χ4n) is 4.14. The Balaban J connectivity index is 1.90. The van der Waals surface area contributed by atoms with Crippen molar-refractivity contribution in [1.29, 1.82) is 0 Å². The van der Waals surface area contributed by atoms with Gasteiger partial charge in [-0.1, -0.05) is 60.7 Å². The molecule has 2 atom stereocenters. The van der Waals surface area contributed by atoms with Crippen LogP contribution in [0.15, 0.2) is 97.1 Å². The van der Waals surface area contributed by atoms with E-state index in [0.29, 0.717) is 0 Å². The minimum absolute atomic E-state index is 0.773. The Hall–Kier alpha value is -3.53.